The maximum absolute atomic E-state index is 9.06. The number of hydrogen-bond acceptors (Lipinski definition) is 1. The topological polar surface area (TPSA) is 21.4 Å². The molecule has 0 bridgehead atoms. The summed E-state index contributed by atoms with van der Waals surface area (Å²) >= 11 is 0. The minimum atomic E-state index is -1.84. The molecule has 29 heavy (non-hydrogen) atoms. The molecule has 0 fully saturated rings. The Labute approximate surface area is 178 Å². The van der Waals surface area contributed by atoms with E-state index in [9.17, 15) is 0 Å². The number of benzene rings is 2. The molecule has 2 aromatic carbocycles. The lowest BCUT2D eigenvalue weighted by atomic mass is 9.96. The molecule has 2 aromatic heterocycles. The van der Waals surface area contributed by atoms with Crippen LogP contribution in [-0.2, 0) is 13.4 Å². The van der Waals surface area contributed by atoms with Gasteiger partial charge in [-0.15, -0.1) is 0 Å². The van der Waals surface area contributed by atoms with Gasteiger partial charge in [-0.3, -0.25) is 0 Å². The molecule has 0 amide bonds. The van der Waals surface area contributed by atoms with E-state index in [-0.39, 0.29) is 17.6 Å². The second-order valence-corrected chi connectivity index (χ2v) is 7.93. The van der Waals surface area contributed by atoms with Crippen LogP contribution in [0.2, 0.25) is 0 Å². The first-order chi connectivity index (χ1) is 15.4. The van der Waals surface area contributed by atoms with E-state index in [4.69, 9.17) is 16.5 Å². The molecule has 4 aromatic rings. The lowest BCUT2D eigenvalue weighted by Gasteiger charge is -2.11. The number of nitrogens with zero attached hydrogens (tertiary/aromatic N) is 2. The van der Waals surface area contributed by atoms with Gasteiger partial charge in [0.25, 0.3) is 0 Å². The van der Waals surface area contributed by atoms with Gasteiger partial charge in [-0.05, 0) is 43.3 Å². The van der Waals surface area contributed by atoms with Gasteiger partial charge in [0, 0.05) is 32.5 Å². The van der Waals surface area contributed by atoms with Crippen molar-refractivity contribution < 1.29 is 14.5 Å². The quantitative estimate of drug-likeness (QED) is 0.281. The summed E-state index contributed by atoms with van der Waals surface area (Å²) in [5.41, 5.74) is 5.22. The fraction of sp³-hybridized carbons (Fsp3) is 0.308. The second kappa shape index (κ2) is 7.04. The molecule has 2 heterocycles. The van der Waals surface area contributed by atoms with Crippen LogP contribution in [0.4, 0.5) is 5.69 Å². The van der Waals surface area contributed by atoms with Gasteiger partial charge in [0.1, 0.15) is 18.2 Å². The Kier molecular flexibility index (Phi) is 3.60. The van der Waals surface area contributed by atoms with Gasteiger partial charge < -0.3 is 4.42 Å². The van der Waals surface area contributed by atoms with Gasteiger partial charge in [0.2, 0.25) is 11.4 Å². The molecule has 0 saturated heterocycles. The first-order valence-electron chi connectivity index (χ1n) is 11.8. The van der Waals surface area contributed by atoms with Crippen LogP contribution < -0.4 is 4.57 Å². The van der Waals surface area contributed by atoms with Gasteiger partial charge in [0.15, 0.2) is 5.69 Å². The molecule has 0 aliphatic carbocycles. The summed E-state index contributed by atoms with van der Waals surface area (Å²) in [5.74, 6) is -0.405. The number of furan rings is 1. The molecule has 0 aliphatic heterocycles. The van der Waals surface area contributed by atoms with Crippen molar-refractivity contribution in [2.24, 2.45) is 13.0 Å². The van der Waals surface area contributed by atoms with Crippen LogP contribution in [-0.4, -0.2) is 0 Å². The minimum Gasteiger partial charge on any atom is -0.466 e. The van der Waals surface area contributed by atoms with Crippen LogP contribution in [0.1, 0.15) is 41.7 Å². The van der Waals surface area contributed by atoms with Crippen LogP contribution in [0.3, 0.4) is 0 Å². The van der Waals surface area contributed by atoms with Crippen LogP contribution in [0.25, 0.3) is 38.0 Å². The Morgan fingerprint density at radius 3 is 2.59 bits per heavy atom. The van der Waals surface area contributed by atoms with E-state index in [0.717, 1.165) is 21.9 Å². The van der Waals surface area contributed by atoms with E-state index < -0.39 is 12.3 Å². The number of fused-ring (bicyclic) bond motifs is 3. The normalized spacial score (nSPS) is 14.0. The Bertz CT molecular complexity index is 1490. The summed E-state index contributed by atoms with van der Waals surface area (Å²) in [5, 5.41) is 1.69. The predicted octanol–water partition coefficient (Wildman–Crippen LogP) is 6.75. The van der Waals surface area contributed by atoms with Crippen molar-refractivity contribution in [3.8, 4) is 11.3 Å². The van der Waals surface area contributed by atoms with Crippen molar-refractivity contribution in [3.63, 3.8) is 0 Å². The standard InChI is InChI=1S/C26H27N2O/c1-15(2)10-19-13-18(5)28(7)23(14-19)24-17(4)8-9-20-21-11-16(3)12-22(27-6)25(21)29-26(20)24/h8-9,11-15H,10H2,1-5,7H3/q+1/i10D2,13D,14D. The van der Waals surface area contributed by atoms with Crippen molar-refractivity contribution in [2.45, 2.75) is 41.0 Å². The van der Waals surface area contributed by atoms with E-state index >= 15 is 0 Å². The van der Waals surface area contributed by atoms with E-state index in [1.807, 2.05) is 32.0 Å². The molecule has 0 radical (unpaired) electrons. The summed E-state index contributed by atoms with van der Waals surface area (Å²) < 4.78 is 43.1. The Morgan fingerprint density at radius 1 is 1.14 bits per heavy atom. The zero-order chi connectivity index (χ0) is 24.4. The van der Waals surface area contributed by atoms with Gasteiger partial charge >= 0.3 is 0 Å². The molecule has 0 unspecified atom stereocenters. The Morgan fingerprint density at radius 2 is 1.90 bits per heavy atom. The number of pyridine rings is 1. The third-order valence-corrected chi connectivity index (χ3v) is 5.25. The largest absolute Gasteiger partial charge is 0.466 e. The van der Waals surface area contributed by atoms with Crippen LogP contribution in [0.5, 0.6) is 0 Å². The summed E-state index contributed by atoms with van der Waals surface area (Å²) in [6, 6.07) is 7.77. The molecular weight excluding hydrogens is 356 g/mol. The van der Waals surface area contributed by atoms with Crippen LogP contribution in [0.15, 0.2) is 40.8 Å². The summed E-state index contributed by atoms with van der Waals surface area (Å²) in [4.78, 5) is 3.65. The van der Waals surface area contributed by atoms with Gasteiger partial charge in [-0.25, -0.2) is 4.85 Å². The minimum absolute atomic E-state index is 0.00978. The monoisotopic (exact) mass is 387 g/mol. The second-order valence-electron chi connectivity index (χ2n) is 7.93. The van der Waals surface area contributed by atoms with Gasteiger partial charge in [0.05, 0.1) is 14.9 Å². The molecule has 0 N–H and O–H groups in total. The molecule has 146 valence electrons. The van der Waals surface area contributed by atoms with Crippen molar-refractivity contribution >= 4 is 27.6 Å². The van der Waals surface area contributed by atoms with E-state index in [1.54, 1.807) is 38.5 Å². The van der Waals surface area contributed by atoms with E-state index in [1.165, 1.54) is 0 Å². The fourth-order valence-corrected chi connectivity index (χ4v) is 3.80. The first kappa shape index (κ1) is 14.8. The van der Waals surface area contributed by atoms with Crippen LogP contribution in [0, 0.1) is 33.3 Å². The molecule has 0 saturated carbocycles. The summed E-state index contributed by atoms with van der Waals surface area (Å²) in [7, 11) is 1.80. The highest BCUT2D eigenvalue weighted by molar-refractivity contribution is 6.13. The highest BCUT2D eigenvalue weighted by Crippen LogP contribution is 2.41. The lowest BCUT2D eigenvalue weighted by molar-refractivity contribution is -0.666. The zero-order valence-corrected chi connectivity index (χ0v) is 17.7. The predicted molar refractivity (Wildman–Crippen MR) is 119 cm³/mol. The zero-order valence-electron chi connectivity index (χ0n) is 21.7. The average molecular weight is 388 g/mol. The Hall–Kier alpha value is -3.12. The molecule has 0 atom stereocenters. The molecule has 0 spiro atoms. The number of hydrogen-bond donors (Lipinski definition) is 0. The fourth-order valence-electron chi connectivity index (χ4n) is 3.80. The van der Waals surface area contributed by atoms with Crippen LogP contribution >= 0.6 is 0 Å². The van der Waals surface area contributed by atoms with Gasteiger partial charge in [-0.2, -0.15) is 4.57 Å². The first-order valence-corrected chi connectivity index (χ1v) is 9.76. The molecule has 4 rings (SSSR count). The lowest BCUT2D eigenvalue weighted by Crippen LogP contribution is -2.35. The van der Waals surface area contributed by atoms with Gasteiger partial charge in [-0.1, -0.05) is 37.6 Å². The number of aromatic nitrogens is 1. The summed E-state index contributed by atoms with van der Waals surface area (Å²) in [6.07, 6.45) is -1.84. The SMILES string of the molecule is [2H]c1c(C([2H])([2H])C(C)C)c([2H])c(-c2c(C)ccc3c2oc2c([N+]#[C-])cc(C)cc23)[n+](C)c1C. The smallest absolute Gasteiger partial charge is 0.229 e. The van der Waals surface area contributed by atoms with Crippen molar-refractivity contribution in [3.05, 3.63) is 70.2 Å². The summed E-state index contributed by atoms with van der Waals surface area (Å²) in [6.45, 7) is 16.8. The highest BCUT2D eigenvalue weighted by atomic mass is 16.3. The molecular formula is C26H27N2O+. The van der Waals surface area contributed by atoms with E-state index in [0.29, 0.717) is 33.8 Å². The maximum Gasteiger partial charge on any atom is 0.229 e. The number of aryl methyl sites for hydroxylation is 2. The maximum atomic E-state index is 9.06. The van der Waals surface area contributed by atoms with Crippen molar-refractivity contribution in [2.75, 3.05) is 0 Å². The van der Waals surface area contributed by atoms with E-state index in [2.05, 4.69) is 4.85 Å². The van der Waals surface area contributed by atoms with Crippen molar-refractivity contribution in [1.82, 2.24) is 0 Å². The van der Waals surface area contributed by atoms with Crippen molar-refractivity contribution in [1.29, 1.82) is 0 Å². The average Bonchev–Trinajstić information content (AvgIpc) is 3.11. The third kappa shape index (κ3) is 3.19. The Balaban J connectivity index is 2.21. The molecule has 0 aliphatic rings. The highest BCUT2D eigenvalue weighted by Gasteiger charge is 2.23. The molecule has 3 nitrogen and oxygen atoms in total. The third-order valence-electron chi connectivity index (χ3n) is 5.25. The molecule has 3 heteroatoms. The number of rotatable bonds is 3.